The molecule has 0 saturated carbocycles. The molecule has 0 aliphatic rings. The Balaban J connectivity index is 1.69. The molecule has 0 radical (unpaired) electrons. The van der Waals surface area contributed by atoms with Gasteiger partial charge in [-0.05, 0) is 39.0 Å². The zero-order valence-electron chi connectivity index (χ0n) is 17.0. The predicted octanol–water partition coefficient (Wildman–Crippen LogP) is 6.17. The molecule has 0 N–H and O–H groups in total. The molecule has 30 heavy (non-hydrogen) atoms. The highest BCUT2D eigenvalue weighted by Gasteiger charge is 2.11. The highest BCUT2D eigenvalue weighted by molar-refractivity contribution is 5.46. The summed E-state index contributed by atoms with van der Waals surface area (Å²) in [5.74, 6) is 3.12. The van der Waals surface area contributed by atoms with Crippen LogP contribution < -0.4 is 14.2 Å². The Hall–Kier alpha value is -3.93. The van der Waals surface area contributed by atoms with E-state index in [4.69, 9.17) is 14.2 Å². The SMILES string of the molecule is Cc1cccc(Oc2cc(Oc3ncccc3C)cc(Oc3ncccc3C)c2)n1. The van der Waals surface area contributed by atoms with E-state index in [1.54, 1.807) is 36.7 Å². The average molecular weight is 399 g/mol. The van der Waals surface area contributed by atoms with Crippen molar-refractivity contribution >= 4 is 0 Å². The van der Waals surface area contributed by atoms with Crippen LogP contribution in [0.25, 0.3) is 0 Å². The van der Waals surface area contributed by atoms with E-state index in [9.17, 15) is 0 Å². The smallest absolute Gasteiger partial charge is 0.222 e. The molecule has 0 bridgehead atoms. The van der Waals surface area contributed by atoms with E-state index in [1.165, 1.54) is 0 Å². The van der Waals surface area contributed by atoms with E-state index in [2.05, 4.69) is 15.0 Å². The Bertz CT molecular complexity index is 1110. The fourth-order valence-corrected chi connectivity index (χ4v) is 2.80. The third kappa shape index (κ3) is 4.72. The minimum atomic E-state index is 0.487. The standard InChI is InChI=1S/C24H21N3O3/c1-16-7-5-11-25-23(16)29-20-13-19(28-22-10-4-9-18(3)27-22)14-21(15-20)30-24-17(2)8-6-12-26-24/h4-15H,1-3H3. The second kappa shape index (κ2) is 8.61. The van der Waals surface area contributed by atoms with Crippen molar-refractivity contribution < 1.29 is 14.2 Å². The van der Waals surface area contributed by atoms with Crippen LogP contribution in [0.15, 0.2) is 73.1 Å². The van der Waals surface area contributed by atoms with Gasteiger partial charge in [0.15, 0.2) is 0 Å². The maximum atomic E-state index is 6.01. The van der Waals surface area contributed by atoms with Crippen molar-refractivity contribution in [3.63, 3.8) is 0 Å². The van der Waals surface area contributed by atoms with Crippen LogP contribution in [0, 0.1) is 20.8 Å². The zero-order chi connectivity index (χ0) is 20.9. The van der Waals surface area contributed by atoms with E-state index >= 15 is 0 Å². The number of rotatable bonds is 6. The molecule has 0 fully saturated rings. The van der Waals surface area contributed by atoms with Crippen molar-refractivity contribution in [2.75, 3.05) is 0 Å². The minimum absolute atomic E-state index is 0.487. The second-order valence-corrected chi connectivity index (χ2v) is 6.81. The first-order valence-corrected chi connectivity index (χ1v) is 9.52. The quantitative estimate of drug-likeness (QED) is 0.386. The molecule has 0 aliphatic carbocycles. The number of ether oxygens (including phenoxy) is 3. The molecule has 4 aromatic rings. The van der Waals surface area contributed by atoms with E-state index in [0.29, 0.717) is 34.9 Å². The lowest BCUT2D eigenvalue weighted by Gasteiger charge is -2.13. The largest absolute Gasteiger partial charge is 0.439 e. The molecule has 3 aromatic heterocycles. The van der Waals surface area contributed by atoms with Crippen LogP contribution in [0.1, 0.15) is 16.8 Å². The molecule has 0 unspecified atom stereocenters. The van der Waals surface area contributed by atoms with Crippen LogP contribution in [-0.4, -0.2) is 15.0 Å². The number of aryl methyl sites for hydroxylation is 3. The van der Waals surface area contributed by atoms with Gasteiger partial charge >= 0.3 is 0 Å². The van der Waals surface area contributed by atoms with E-state index in [1.807, 2.05) is 57.2 Å². The summed E-state index contributed by atoms with van der Waals surface area (Å²) in [7, 11) is 0. The van der Waals surface area contributed by atoms with Gasteiger partial charge in [0.2, 0.25) is 17.6 Å². The predicted molar refractivity (Wildman–Crippen MR) is 114 cm³/mol. The maximum Gasteiger partial charge on any atom is 0.222 e. The third-order valence-corrected chi connectivity index (χ3v) is 4.29. The number of hydrogen-bond donors (Lipinski definition) is 0. The molecule has 1 aromatic carbocycles. The van der Waals surface area contributed by atoms with Crippen molar-refractivity contribution in [3.8, 4) is 34.9 Å². The van der Waals surface area contributed by atoms with Crippen LogP contribution in [0.2, 0.25) is 0 Å². The summed E-state index contributed by atoms with van der Waals surface area (Å²) >= 11 is 0. The number of pyridine rings is 3. The average Bonchev–Trinajstić information content (AvgIpc) is 2.71. The number of benzene rings is 1. The zero-order valence-corrected chi connectivity index (χ0v) is 17.0. The van der Waals surface area contributed by atoms with Crippen LogP contribution in [0.4, 0.5) is 0 Å². The van der Waals surface area contributed by atoms with E-state index in [0.717, 1.165) is 16.8 Å². The lowest BCUT2D eigenvalue weighted by molar-refractivity contribution is 0.420. The molecule has 0 saturated heterocycles. The topological polar surface area (TPSA) is 66.4 Å². The Morgan fingerprint density at radius 2 is 1.13 bits per heavy atom. The van der Waals surface area contributed by atoms with Gasteiger partial charge in [-0.3, -0.25) is 0 Å². The van der Waals surface area contributed by atoms with Crippen molar-refractivity contribution in [2.45, 2.75) is 20.8 Å². The fraction of sp³-hybridized carbons (Fsp3) is 0.125. The first-order chi connectivity index (χ1) is 14.6. The first kappa shape index (κ1) is 19.4. The Labute approximate surface area is 175 Å². The molecule has 0 spiro atoms. The molecule has 150 valence electrons. The molecule has 3 heterocycles. The summed E-state index contributed by atoms with van der Waals surface area (Å²) in [6, 6.07) is 18.5. The Morgan fingerprint density at radius 1 is 0.600 bits per heavy atom. The molecular weight excluding hydrogens is 378 g/mol. The minimum Gasteiger partial charge on any atom is -0.439 e. The third-order valence-electron chi connectivity index (χ3n) is 4.29. The van der Waals surface area contributed by atoms with Gasteiger partial charge in [-0.2, -0.15) is 0 Å². The van der Waals surface area contributed by atoms with Gasteiger partial charge in [-0.1, -0.05) is 18.2 Å². The Morgan fingerprint density at radius 3 is 1.63 bits per heavy atom. The molecular formula is C24H21N3O3. The maximum absolute atomic E-state index is 6.01. The summed E-state index contributed by atoms with van der Waals surface area (Å²) in [6.07, 6.45) is 3.38. The normalized spacial score (nSPS) is 10.5. The van der Waals surface area contributed by atoms with Gasteiger partial charge in [-0.25, -0.2) is 15.0 Å². The summed E-state index contributed by atoms with van der Waals surface area (Å²) in [5, 5.41) is 0. The van der Waals surface area contributed by atoms with E-state index in [-0.39, 0.29) is 0 Å². The van der Waals surface area contributed by atoms with E-state index < -0.39 is 0 Å². The lowest BCUT2D eigenvalue weighted by Crippen LogP contribution is -1.95. The molecule has 6 heteroatoms. The van der Waals surface area contributed by atoms with Gasteiger partial charge in [0.05, 0.1) is 0 Å². The van der Waals surface area contributed by atoms with Crippen molar-refractivity contribution in [1.82, 2.24) is 15.0 Å². The summed E-state index contributed by atoms with van der Waals surface area (Å²) < 4.78 is 18.0. The first-order valence-electron chi connectivity index (χ1n) is 9.52. The highest BCUT2D eigenvalue weighted by atomic mass is 16.5. The van der Waals surface area contributed by atoms with Crippen molar-refractivity contribution in [1.29, 1.82) is 0 Å². The highest BCUT2D eigenvalue weighted by Crippen LogP contribution is 2.35. The van der Waals surface area contributed by atoms with Crippen molar-refractivity contribution in [3.05, 3.63) is 89.9 Å². The lowest BCUT2D eigenvalue weighted by atomic mass is 10.2. The van der Waals surface area contributed by atoms with Gasteiger partial charge in [-0.15, -0.1) is 0 Å². The van der Waals surface area contributed by atoms with Gasteiger partial charge in [0.1, 0.15) is 17.2 Å². The number of hydrogen-bond acceptors (Lipinski definition) is 6. The summed E-state index contributed by atoms with van der Waals surface area (Å²) in [6.45, 7) is 5.79. The Kier molecular flexibility index (Phi) is 5.57. The van der Waals surface area contributed by atoms with Gasteiger partial charge in [0.25, 0.3) is 0 Å². The van der Waals surface area contributed by atoms with Crippen LogP contribution in [0.3, 0.4) is 0 Å². The van der Waals surface area contributed by atoms with Crippen LogP contribution in [0.5, 0.6) is 34.9 Å². The number of nitrogens with zero attached hydrogens (tertiary/aromatic N) is 3. The molecule has 0 aliphatic heterocycles. The summed E-state index contributed by atoms with van der Waals surface area (Å²) in [4.78, 5) is 13.0. The van der Waals surface area contributed by atoms with Crippen LogP contribution >= 0.6 is 0 Å². The summed E-state index contributed by atoms with van der Waals surface area (Å²) in [5.41, 5.74) is 2.71. The molecule has 6 nitrogen and oxygen atoms in total. The van der Waals surface area contributed by atoms with Crippen LogP contribution in [-0.2, 0) is 0 Å². The number of aromatic nitrogens is 3. The fourth-order valence-electron chi connectivity index (χ4n) is 2.80. The molecule has 0 amide bonds. The van der Waals surface area contributed by atoms with Gasteiger partial charge in [0, 0.05) is 53.5 Å². The van der Waals surface area contributed by atoms with Gasteiger partial charge < -0.3 is 14.2 Å². The van der Waals surface area contributed by atoms with Crippen molar-refractivity contribution in [2.24, 2.45) is 0 Å². The molecule has 0 atom stereocenters. The second-order valence-electron chi connectivity index (χ2n) is 6.81. The monoisotopic (exact) mass is 399 g/mol. The molecule has 4 rings (SSSR count).